The van der Waals surface area contributed by atoms with Crippen molar-refractivity contribution >= 4 is 41.0 Å². The summed E-state index contributed by atoms with van der Waals surface area (Å²) in [5.41, 5.74) is 1.40. The number of aromatic nitrogens is 1. The van der Waals surface area contributed by atoms with Crippen molar-refractivity contribution in [2.24, 2.45) is 4.99 Å². The molecule has 0 spiro atoms. The summed E-state index contributed by atoms with van der Waals surface area (Å²) in [6, 6.07) is 14.0. The fourth-order valence-electron chi connectivity index (χ4n) is 4.53. The van der Waals surface area contributed by atoms with Crippen LogP contribution >= 0.6 is 22.9 Å². The van der Waals surface area contributed by atoms with E-state index in [-0.39, 0.29) is 23.3 Å². The fraction of sp³-hybridized carbons (Fsp3) is 0.172. The highest BCUT2D eigenvalue weighted by Crippen LogP contribution is 2.36. The van der Waals surface area contributed by atoms with Crippen LogP contribution in [0.5, 0.6) is 5.75 Å². The van der Waals surface area contributed by atoms with E-state index in [1.807, 2.05) is 0 Å². The summed E-state index contributed by atoms with van der Waals surface area (Å²) in [4.78, 5) is 43.3. The summed E-state index contributed by atoms with van der Waals surface area (Å²) < 4.78 is 18.6. The van der Waals surface area contributed by atoms with Crippen molar-refractivity contribution in [1.82, 2.24) is 4.57 Å². The predicted octanol–water partition coefficient (Wildman–Crippen LogP) is 4.42. The topological polar surface area (TPSA) is 120 Å². The van der Waals surface area contributed by atoms with Gasteiger partial charge in [-0.05, 0) is 50.2 Å². The Bertz CT molecular complexity index is 1870. The number of methoxy groups -OCH3 is 1. The molecule has 40 heavy (non-hydrogen) atoms. The van der Waals surface area contributed by atoms with E-state index < -0.39 is 18.0 Å². The fourth-order valence-corrected chi connectivity index (χ4v) is 5.77. The molecule has 11 heteroatoms. The normalized spacial score (nSPS) is 15.0. The summed E-state index contributed by atoms with van der Waals surface area (Å²) in [7, 11) is 1.52. The van der Waals surface area contributed by atoms with Gasteiger partial charge in [-0.3, -0.25) is 9.36 Å². The van der Waals surface area contributed by atoms with Crippen LogP contribution in [0.2, 0.25) is 5.02 Å². The molecule has 0 bridgehead atoms. The Kier molecular flexibility index (Phi) is 7.46. The van der Waals surface area contributed by atoms with Gasteiger partial charge in [0.25, 0.3) is 5.56 Å². The number of thiazole rings is 1. The van der Waals surface area contributed by atoms with E-state index in [4.69, 9.17) is 25.5 Å². The molecule has 0 radical (unpaired) electrons. The number of ether oxygens (including phenoxy) is 2. The van der Waals surface area contributed by atoms with Gasteiger partial charge in [0.1, 0.15) is 23.3 Å². The standard InChI is InChI=1S/C29H23ClN2O7S/c1-4-38-28(36)24-15(2)31-29-32(25(24)18-7-5-6-8-21(18)37-3)26(33)23(40-29)14-17-10-12-22(39-17)19-13-16(27(34)35)9-11-20(19)30/h5-14,25H,4H2,1-3H3,(H,34,35)/b23-14-. The lowest BCUT2D eigenvalue weighted by Gasteiger charge is -2.25. The Hall–Kier alpha value is -4.41. The van der Waals surface area contributed by atoms with Crippen LogP contribution < -0.4 is 19.6 Å². The first-order chi connectivity index (χ1) is 19.2. The average molecular weight is 579 g/mol. The van der Waals surface area contributed by atoms with Crippen LogP contribution in [-0.4, -0.2) is 35.3 Å². The maximum Gasteiger partial charge on any atom is 0.338 e. The lowest BCUT2D eigenvalue weighted by atomic mass is 9.95. The van der Waals surface area contributed by atoms with Gasteiger partial charge in [0, 0.05) is 17.2 Å². The van der Waals surface area contributed by atoms with E-state index in [0.717, 1.165) is 11.3 Å². The van der Waals surface area contributed by atoms with Crippen molar-refractivity contribution in [2.75, 3.05) is 13.7 Å². The van der Waals surface area contributed by atoms with Gasteiger partial charge in [-0.2, -0.15) is 0 Å². The van der Waals surface area contributed by atoms with Crippen molar-refractivity contribution in [3.63, 3.8) is 0 Å². The molecule has 3 heterocycles. The van der Waals surface area contributed by atoms with Crippen LogP contribution in [0.25, 0.3) is 17.4 Å². The zero-order valence-corrected chi connectivity index (χ0v) is 23.2. The van der Waals surface area contributed by atoms with Crippen molar-refractivity contribution in [3.05, 3.63) is 107 Å². The molecule has 9 nitrogen and oxygen atoms in total. The molecule has 4 aromatic rings. The lowest BCUT2D eigenvalue weighted by molar-refractivity contribution is -0.139. The van der Waals surface area contributed by atoms with Crippen LogP contribution in [-0.2, 0) is 9.53 Å². The Morgan fingerprint density at radius 1 is 1.20 bits per heavy atom. The van der Waals surface area contributed by atoms with Gasteiger partial charge in [-0.15, -0.1) is 0 Å². The maximum atomic E-state index is 13.8. The van der Waals surface area contributed by atoms with E-state index in [0.29, 0.717) is 48.5 Å². The van der Waals surface area contributed by atoms with Crippen molar-refractivity contribution in [3.8, 4) is 17.1 Å². The molecule has 1 N–H and O–H groups in total. The third kappa shape index (κ3) is 4.87. The number of halogens is 1. The number of carbonyl (C=O) groups is 2. The minimum atomic E-state index is -1.09. The molecule has 1 aliphatic rings. The van der Waals surface area contributed by atoms with Gasteiger partial charge in [0.15, 0.2) is 4.80 Å². The molecule has 0 amide bonds. The number of benzene rings is 2. The molecular weight excluding hydrogens is 556 g/mol. The van der Waals surface area contributed by atoms with Gasteiger partial charge in [0.05, 0.1) is 40.1 Å². The molecular formula is C29H23ClN2O7S. The van der Waals surface area contributed by atoms with E-state index >= 15 is 0 Å². The summed E-state index contributed by atoms with van der Waals surface area (Å²) in [6.45, 7) is 3.59. The number of carboxylic acid groups (broad SMARTS) is 1. The third-order valence-corrected chi connectivity index (χ3v) is 7.64. The molecule has 2 aromatic carbocycles. The van der Waals surface area contributed by atoms with Crippen LogP contribution in [0.3, 0.4) is 0 Å². The maximum absolute atomic E-state index is 13.8. The Balaban J connectivity index is 1.65. The number of hydrogen-bond acceptors (Lipinski definition) is 8. The van der Waals surface area contributed by atoms with Crippen molar-refractivity contribution in [2.45, 2.75) is 19.9 Å². The molecule has 1 atom stereocenters. The summed E-state index contributed by atoms with van der Waals surface area (Å²) in [5, 5.41) is 9.65. The highest BCUT2D eigenvalue weighted by molar-refractivity contribution is 7.07. The largest absolute Gasteiger partial charge is 0.496 e. The highest BCUT2D eigenvalue weighted by atomic mass is 35.5. The minimum absolute atomic E-state index is 0.0646. The van der Waals surface area contributed by atoms with Crippen molar-refractivity contribution in [1.29, 1.82) is 0 Å². The molecule has 1 unspecified atom stereocenters. The van der Waals surface area contributed by atoms with Crippen LogP contribution in [0.4, 0.5) is 0 Å². The number of carbonyl (C=O) groups excluding carboxylic acids is 1. The number of allylic oxidation sites excluding steroid dienone is 1. The van der Waals surface area contributed by atoms with Gasteiger partial charge in [0.2, 0.25) is 0 Å². The number of furan rings is 1. The zero-order valence-electron chi connectivity index (χ0n) is 21.6. The first kappa shape index (κ1) is 27.2. The third-order valence-electron chi connectivity index (χ3n) is 6.33. The number of esters is 1. The van der Waals surface area contributed by atoms with Crippen LogP contribution in [0.1, 0.15) is 41.6 Å². The molecule has 0 saturated heterocycles. The Morgan fingerprint density at radius 2 is 1.98 bits per heavy atom. The van der Waals surface area contributed by atoms with Crippen LogP contribution in [0.15, 0.2) is 80.1 Å². The molecule has 1 aliphatic heterocycles. The number of para-hydroxylation sites is 1. The minimum Gasteiger partial charge on any atom is -0.496 e. The lowest BCUT2D eigenvalue weighted by Crippen LogP contribution is -2.40. The Labute approximate surface area is 236 Å². The molecule has 0 aliphatic carbocycles. The number of fused-ring (bicyclic) bond motifs is 1. The molecule has 204 valence electrons. The monoisotopic (exact) mass is 578 g/mol. The second kappa shape index (κ2) is 11.0. The van der Waals surface area contributed by atoms with E-state index in [1.165, 1.54) is 29.9 Å². The average Bonchev–Trinajstić information content (AvgIpc) is 3.52. The van der Waals surface area contributed by atoms with Crippen molar-refractivity contribution < 1.29 is 28.6 Å². The van der Waals surface area contributed by atoms with E-state index in [1.54, 1.807) is 56.3 Å². The smallest absolute Gasteiger partial charge is 0.338 e. The summed E-state index contributed by atoms with van der Waals surface area (Å²) in [6.07, 6.45) is 1.57. The second-order valence-corrected chi connectivity index (χ2v) is 10.2. The first-order valence-corrected chi connectivity index (χ1v) is 13.4. The van der Waals surface area contributed by atoms with Gasteiger partial charge >= 0.3 is 11.9 Å². The van der Waals surface area contributed by atoms with Gasteiger partial charge in [-0.1, -0.05) is 41.1 Å². The van der Waals surface area contributed by atoms with Gasteiger partial charge in [-0.25, -0.2) is 14.6 Å². The second-order valence-electron chi connectivity index (χ2n) is 8.75. The molecule has 5 rings (SSSR count). The first-order valence-electron chi connectivity index (χ1n) is 12.2. The highest BCUT2D eigenvalue weighted by Gasteiger charge is 2.35. The van der Waals surface area contributed by atoms with E-state index in [9.17, 15) is 19.5 Å². The zero-order chi connectivity index (χ0) is 28.6. The molecule has 0 saturated carbocycles. The number of carboxylic acids is 1. The predicted molar refractivity (Wildman–Crippen MR) is 150 cm³/mol. The summed E-state index contributed by atoms with van der Waals surface area (Å²) in [5.74, 6) is -0.445. The Morgan fingerprint density at radius 3 is 2.70 bits per heavy atom. The number of hydrogen-bond donors (Lipinski definition) is 1. The number of rotatable bonds is 7. The SMILES string of the molecule is CCOC(=O)C1=C(C)N=c2s/c(=C\c3ccc(-c4cc(C(=O)O)ccc4Cl)o3)c(=O)n2C1c1ccccc1OC. The quantitative estimate of drug-likeness (QED) is 0.322. The van der Waals surface area contributed by atoms with Gasteiger partial charge < -0.3 is 19.0 Å². The van der Waals surface area contributed by atoms with Crippen LogP contribution in [0, 0.1) is 0 Å². The molecule has 0 fully saturated rings. The van der Waals surface area contributed by atoms with E-state index in [2.05, 4.69) is 4.99 Å². The molecule has 2 aromatic heterocycles. The number of aromatic carboxylic acids is 1. The number of nitrogens with zero attached hydrogens (tertiary/aromatic N) is 2. The summed E-state index contributed by atoms with van der Waals surface area (Å²) >= 11 is 7.45.